The van der Waals surface area contributed by atoms with E-state index in [-0.39, 0.29) is 0 Å². The van der Waals surface area contributed by atoms with Gasteiger partial charge >= 0.3 is 0 Å². The van der Waals surface area contributed by atoms with Gasteiger partial charge in [0.1, 0.15) is 5.76 Å². The molecular formula is C8H12N2O. The van der Waals surface area contributed by atoms with E-state index in [0.717, 1.165) is 18.7 Å². The van der Waals surface area contributed by atoms with Crippen LogP contribution in [0.1, 0.15) is 18.2 Å². The minimum atomic E-state index is 0.579. The summed E-state index contributed by atoms with van der Waals surface area (Å²) in [5.74, 6) is 1.07. The normalized spacial score (nSPS) is 25.1. The predicted octanol–water partition coefficient (Wildman–Crippen LogP) is 1.05. The molecule has 0 bridgehead atoms. The van der Waals surface area contributed by atoms with Crippen molar-refractivity contribution in [2.24, 2.45) is 0 Å². The molecule has 0 spiro atoms. The Hall–Kier alpha value is -0.830. The van der Waals surface area contributed by atoms with Crippen LogP contribution in [0.15, 0.2) is 10.7 Å². The Morgan fingerprint density at radius 1 is 1.73 bits per heavy atom. The van der Waals surface area contributed by atoms with Gasteiger partial charge in [0.05, 0.1) is 6.20 Å². The molecule has 1 aromatic heterocycles. The predicted molar refractivity (Wildman–Crippen MR) is 41.1 cm³/mol. The largest absolute Gasteiger partial charge is 0.361 e. The molecule has 0 amide bonds. The molecule has 1 atom stereocenters. The zero-order valence-corrected chi connectivity index (χ0v) is 6.87. The first-order valence-corrected chi connectivity index (χ1v) is 3.90. The zero-order valence-electron chi connectivity index (χ0n) is 6.87. The number of nitrogens with zero attached hydrogens (tertiary/aromatic N) is 2. The lowest BCUT2D eigenvalue weighted by atomic mass is 10.0. The Kier molecular flexibility index (Phi) is 1.46. The first kappa shape index (κ1) is 6.85. The van der Waals surface area contributed by atoms with E-state index in [1.165, 1.54) is 5.56 Å². The standard InChI is InChI=1S/C8H12N2O/c1-6-3-8-7(4-9-11-8)5-10(6)2/h4,6H,3,5H2,1-2H3. The van der Waals surface area contributed by atoms with Gasteiger partial charge in [-0.25, -0.2) is 0 Å². The van der Waals surface area contributed by atoms with Crippen molar-refractivity contribution in [3.05, 3.63) is 17.5 Å². The molecule has 60 valence electrons. The van der Waals surface area contributed by atoms with Gasteiger partial charge in [0.15, 0.2) is 0 Å². The number of fused-ring (bicyclic) bond motifs is 1. The molecule has 0 radical (unpaired) electrons. The Balaban J connectivity index is 2.30. The second-order valence-corrected chi connectivity index (χ2v) is 3.24. The first-order chi connectivity index (χ1) is 5.27. The number of hydrogen-bond donors (Lipinski definition) is 0. The lowest BCUT2D eigenvalue weighted by molar-refractivity contribution is 0.211. The molecule has 1 aliphatic heterocycles. The Labute approximate surface area is 66.0 Å². The molecule has 1 unspecified atom stereocenters. The van der Waals surface area contributed by atoms with Crippen LogP contribution in [0.5, 0.6) is 0 Å². The Bertz CT molecular complexity index is 232. The Morgan fingerprint density at radius 2 is 2.55 bits per heavy atom. The molecule has 3 heteroatoms. The quantitative estimate of drug-likeness (QED) is 0.556. The molecule has 0 saturated carbocycles. The van der Waals surface area contributed by atoms with Crippen LogP contribution in [0.4, 0.5) is 0 Å². The summed E-state index contributed by atoms with van der Waals surface area (Å²) in [6, 6.07) is 0.579. The van der Waals surface area contributed by atoms with Gasteiger partial charge in [0.2, 0.25) is 0 Å². The molecule has 2 heterocycles. The van der Waals surface area contributed by atoms with Crippen LogP contribution in [0, 0.1) is 0 Å². The van der Waals surface area contributed by atoms with E-state index < -0.39 is 0 Å². The third kappa shape index (κ3) is 1.05. The first-order valence-electron chi connectivity index (χ1n) is 3.90. The van der Waals surface area contributed by atoms with Crippen molar-refractivity contribution in [2.75, 3.05) is 7.05 Å². The third-order valence-electron chi connectivity index (χ3n) is 2.38. The van der Waals surface area contributed by atoms with Crippen LogP contribution in [0.2, 0.25) is 0 Å². The number of hydrogen-bond acceptors (Lipinski definition) is 3. The monoisotopic (exact) mass is 152 g/mol. The van der Waals surface area contributed by atoms with Crippen molar-refractivity contribution in [2.45, 2.75) is 25.9 Å². The lowest BCUT2D eigenvalue weighted by Gasteiger charge is -2.27. The second-order valence-electron chi connectivity index (χ2n) is 3.24. The minimum Gasteiger partial charge on any atom is -0.361 e. The van der Waals surface area contributed by atoms with Crippen molar-refractivity contribution in [1.82, 2.24) is 10.1 Å². The molecule has 1 aromatic rings. The number of rotatable bonds is 0. The van der Waals surface area contributed by atoms with Gasteiger partial charge in [-0.05, 0) is 14.0 Å². The SMILES string of the molecule is CC1Cc2oncc2CN1C. The maximum absolute atomic E-state index is 5.10. The summed E-state index contributed by atoms with van der Waals surface area (Å²) in [4.78, 5) is 2.31. The highest BCUT2D eigenvalue weighted by Gasteiger charge is 2.22. The van der Waals surface area contributed by atoms with Crippen molar-refractivity contribution >= 4 is 0 Å². The lowest BCUT2D eigenvalue weighted by Crippen LogP contribution is -2.34. The minimum absolute atomic E-state index is 0.579. The van der Waals surface area contributed by atoms with E-state index >= 15 is 0 Å². The fraction of sp³-hybridized carbons (Fsp3) is 0.625. The smallest absolute Gasteiger partial charge is 0.142 e. The van der Waals surface area contributed by atoms with Crippen LogP contribution in [0.3, 0.4) is 0 Å². The summed E-state index contributed by atoms with van der Waals surface area (Å²) in [7, 11) is 2.13. The topological polar surface area (TPSA) is 29.3 Å². The number of aromatic nitrogens is 1. The molecule has 0 aromatic carbocycles. The van der Waals surface area contributed by atoms with Crippen LogP contribution < -0.4 is 0 Å². The van der Waals surface area contributed by atoms with E-state index in [0.29, 0.717) is 6.04 Å². The van der Waals surface area contributed by atoms with Crippen molar-refractivity contribution in [1.29, 1.82) is 0 Å². The van der Waals surface area contributed by atoms with Crippen LogP contribution in [-0.2, 0) is 13.0 Å². The molecule has 1 aliphatic rings. The summed E-state index contributed by atoms with van der Waals surface area (Å²) in [5.41, 5.74) is 1.24. The highest BCUT2D eigenvalue weighted by Crippen LogP contribution is 2.20. The molecule has 0 saturated heterocycles. The molecule has 3 nitrogen and oxygen atoms in total. The molecule has 11 heavy (non-hydrogen) atoms. The second kappa shape index (κ2) is 2.34. The van der Waals surface area contributed by atoms with Crippen molar-refractivity contribution in [3.8, 4) is 0 Å². The van der Waals surface area contributed by atoms with Gasteiger partial charge < -0.3 is 4.52 Å². The average molecular weight is 152 g/mol. The highest BCUT2D eigenvalue weighted by atomic mass is 16.5. The van der Waals surface area contributed by atoms with Gasteiger partial charge in [-0.3, -0.25) is 4.90 Å². The van der Waals surface area contributed by atoms with Gasteiger partial charge in [-0.15, -0.1) is 0 Å². The summed E-state index contributed by atoms with van der Waals surface area (Å²) in [6.45, 7) is 3.17. The number of likely N-dealkylation sites (N-methyl/N-ethyl adjacent to an activating group) is 1. The summed E-state index contributed by atoms with van der Waals surface area (Å²) in [6.07, 6.45) is 2.81. The molecular weight excluding hydrogens is 140 g/mol. The highest BCUT2D eigenvalue weighted by molar-refractivity contribution is 5.17. The molecule has 2 rings (SSSR count). The summed E-state index contributed by atoms with van der Waals surface area (Å²) in [5, 5.41) is 3.77. The van der Waals surface area contributed by atoms with Gasteiger partial charge in [0, 0.05) is 24.6 Å². The van der Waals surface area contributed by atoms with E-state index in [4.69, 9.17) is 4.52 Å². The summed E-state index contributed by atoms with van der Waals surface area (Å²) >= 11 is 0. The molecule has 0 fully saturated rings. The van der Waals surface area contributed by atoms with E-state index in [1.807, 2.05) is 6.20 Å². The van der Waals surface area contributed by atoms with E-state index in [9.17, 15) is 0 Å². The zero-order chi connectivity index (χ0) is 7.84. The Morgan fingerprint density at radius 3 is 3.36 bits per heavy atom. The van der Waals surface area contributed by atoms with Crippen LogP contribution >= 0.6 is 0 Å². The van der Waals surface area contributed by atoms with Crippen molar-refractivity contribution in [3.63, 3.8) is 0 Å². The molecule has 0 aliphatic carbocycles. The third-order valence-corrected chi connectivity index (χ3v) is 2.38. The molecule has 0 N–H and O–H groups in total. The van der Waals surface area contributed by atoms with Gasteiger partial charge in [-0.1, -0.05) is 5.16 Å². The maximum Gasteiger partial charge on any atom is 0.142 e. The fourth-order valence-electron chi connectivity index (χ4n) is 1.43. The summed E-state index contributed by atoms with van der Waals surface area (Å²) < 4.78 is 5.10. The fourth-order valence-corrected chi connectivity index (χ4v) is 1.43. The van der Waals surface area contributed by atoms with E-state index in [1.54, 1.807) is 0 Å². The van der Waals surface area contributed by atoms with Gasteiger partial charge in [0.25, 0.3) is 0 Å². The van der Waals surface area contributed by atoms with Crippen LogP contribution in [-0.4, -0.2) is 23.1 Å². The van der Waals surface area contributed by atoms with E-state index in [2.05, 4.69) is 24.0 Å². The van der Waals surface area contributed by atoms with Crippen LogP contribution in [0.25, 0.3) is 0 Å². The van der Waals surface area contributed by atoms with Crippen molar-refractivity contribution < 1.29 is 4.52 Å². The average Bonchev–Trinajstić information content (AvgIpc) is 2.36. The van der Waals surface area contributed by atoms with Gasteiger partial charge in [-0.2, -0.15) is 0 Å². The maximum atomic E-state index is 5.10.